The Morgan fingerprint density at radius 3 is 2.27 bits per heavy atom. The van der Waals surface area contributed by atoms with E-state index in [-0.39, 0.29) is 0 Å². The molecule has 136 valence electrons. The van der Waals surface area contributed by atoms with E-state index in [1.54, 1.807) is 11.8 Å². The van der Waals surface area contributed by atoms with Gasteiger partial charge < -0.3 is 4.57 Å². The number of hydrogen-bond acceptors (Lipinski definition) is 4. The van der Waals surface area contributed by atoms with Crippen molar-refractivity contribution in [2.45, 2.75) is 35.9 Å². The summed E-state index contributed by atoms with van der Waals surface area (Å²) in [6.07, 6.45) is 0. The number of halogens is 2. The van der Waals surface area contributed by atoms with Crippen LogP contribution in [0.15, 0.2) is 58.2 Å². The molecule has 0 bridgehead atoms. The number of aromatic nitrogens is 3. The van der Waals surface area contributed by atoms with Crippen molar-refractivity contribution in [1.82, 2.24) is 14.8 Å². The predicted octanol–water partition coefficient (Wildman–Crippen LogP) is 6.44. The van der Waals surface area contributed by atoms with Gasteiger partial charge in [0.1, 0.15) is 5.82 Å². The quantitative estimate of drug-likeness (QED) is 0.356. The van der Waals surface area contributed by atoms with E-state index in [1.807, 2.05) is 23.9 Å². The van der Waals surface area contributed by atoms with Crippen LogP contribution in [-0.4, -0.2) is 14.8 Å². The molecule has 26 heavy (non-hydrogen) atoms. The van der Waals surface area contributed by atoms with Crippen LogP contribution >= 0.6 is 51.1 Å². The number of thioether (sulfide) groups is 2. The summed E-state index contributed by atoms with van der Waals surface area (Å²) in [5, 5.41) is 10.6. The summed E-state index contributed by atoms with van der Waals surface area (Å²) in [5.41, 5.74) is 2.55. The third-order valence-electron chi connectivity index (χ3n) is 3.80. The molecule has 0 aliphatic heterocycles. The summed E-state index contributed by atoms with van der Waals surface area (Å²) >= 11 is 13.0. The first-order valence-electron chi connectivity index (χ1n) is 8.27. The molecule has 3 nitrogen and oxygen atoms in total. The maximum absolute atomic E-state index is 5.93. The lowest BCUT2D eigenvalue weighted by Gasteiger charge is -2.07. The first kappa shape index (κ1) is 19.8. The summed E-state index contributed by atoms with van der Waals surface area (Å²) in [4.78, 5) is 0. The Bertz CT molecular complexity index is 835. The van der Waals surface area contributed by atoms with Gasteiger partial charge in [-0.05, 0) is 42.3 Å². The average molecular weight is 469 g/mol. The SMILES string of the molecule is CCn1c(CSCc2ccc(Cl)cc2)nnc1SCc1ccc(Br)cc1. The minimum Gasteiger partial charge on any atom is -0.306 e. The van der Waals surface area contributed by atoms with Gasteiger partial charge in [-0.1, -0.05) is 63.6 Å². The van der Waals surface area contributed by atoms with E-state index < -0.39 is 0 Å². The highest BCUT2D eigenvalue weighted by atomic mass is 79.9. The summed E-state index contributed by atoms with van der Waals surface area (Å²) in [6, 6.07) is 16.4. The van der Waals surface area contributed by atoms with E-state index in [1.165, 1.54) is 11.1 Å². The minimum atomic E-state index is 0.775. The smallest absolute Gasteiger partial charge is 0.191 e. The second-order valence-corrected chi connectivity index (χ2v) is 8.96. The number of benzene rings is 2. The zero-order chi connectivity index (χ0) is 18.4. The predicted molar refractivity (Wildman–Crippen MR) is 116 cm³/mol. The van der Waals surface area contributed by atoms with E-state index in [4.69, 9.17) is 11.6 Å². The number of hydrogen-bond donors (Lipinski definition) is 0. The van der Waals surface area contributed by atoms with Crippen LogP contribution in [0.5, 0.6) is 0 Å². The van der Waals surface area contributed by atoms with Crippen molar-refractivity contribution in [2.75, 3.05) is 0 Å². The fourth-order valence-electron chi connectivity index (χ4n) is 2.42. The first-order chi connectivity index (χ1) is 12.7. The highest BCUT2D eigenvalue weighted by Gasteiger charge is 2.11. The molecule has 2 aromatic carbocycles. The fraction of sp³-hybridized carbons (Fsp3) is 0.263. The summed E-state index contributed by atoms with van der Waals surface area (Å²) in [7, 11) is 0. The van der Waals surface area contributed by atoms with Gasteiger partial charge in [0.2, 0.25) is 0 Å². The van der Waals surface area contributed by atoms with E-state index in [2.05, 4.69) is 74.0 Å². The average Bonchev–Trinajstić information content (AvgIpc) is 3.05. The molecule has 0 radical (unpaired) electrons. The Balaban J connectivity index is 1.56. The molecule has 3 rings (SSSR count). The normalized spacial score (nSPS) is 11.0. The molecule has 0 unspecified atom stereocenters. The molecule has 0 aliphatic carbocycles. The molecule has 7 heteroatoms. The molecule has 0 aliphatic rings. The van der Waals surface area contributed by atoms with Gasteiger partial charge in [0.05, 0.1) is 5.75 Å². The molecular formula is C19H19BrClN3S2. The zero-order valence-corrected chi connectivity index (χ0v) is 18.3. The Hall–Kier alpha value is -0.950. The van der Waals surface area contributed by atoms with Crippen LogP contribution in [0.25, 0.3) is 0 Å². The maximum Gasteiger partial charge on any atom is 0.191 e. The Labute approximate surface area is 176 Å². The van der Waals surface area contributed by atoms with Gasteiger partial charge in [-0.15, -0.1) is 22.0 Å². The lowest BCUT2D eigenvalue weighted by Crippen LogP contribution is -2.02. The van der Waals surface area contributed by atoms with Crippen LogP contribution in [0, 0.1) is 0 Å². The summed E-state index contributed by atoms with van der Waals surface area (Å²) < 4.78 is 3.31. The first-order valence-corrected chi connectivity index (χ1v) is 11.6. The van der Waals surface area contributed by atoms with Gasteiger partial charge >= 0.3 is 0 Å². The molecule has 0 N–H and O–H groups in total. The standard InChI is InChI=1S/C19H19BrClN3S2/c1-2-24-18(13-25-11-14-5-9-17(21)10-6-14)22-23-19(24)26-12-15-3-7-16(20)8-4-15/h3-10H,2,11-13H2,1H3. The Kier molecular flexibility index (Phi) is 7.49. The Morgan fingerprint density at radius 2 is 1.58 bits per heavy atom. The van der Waals surface area contributed by atoms with Crippen LogP contribution in [0.1, 0.15) is 23.9 Å². The van der Waals surface area contributed by atoms with E-state index in [9.17, 15) is 0 Å². The van der Waals surface area contributed by atoms with E-state index in [0.717, 1.165) is 44.3 Å². The monoisotopic (exact) mass is 467 g/mol. The van der Waals surface area contributed by atoms with Crippen molar-refractivity contribution in [2.24, 2.45) is 0 Å². The Morgan fingerprint density at radius 1 is 0.923 bits per heavy atom. The molecule has 0 atom stereocenters. The topological polar surface area (TPSA) is 30.7 Å². The van der Waals surface area contributed by atoms with Gasteiger partial charge in [0, 0.05) is 27.5 Å². The molecule has 0 saturated carbocycles. The van der Waals surface area contributed by atoms with Crippen molar-refractivity contribution < 1.29 is 0 Å². The van der Waals surface area contributed by atoms with Crippen molar-refractivity contribution in [3.63, 3.8) is 0 Å². The van der Waals surface area contributed by atoms with Gasteiger partial charge in [0.15, 0.2) is 5.16 Å². The highest BCUT2D eigenvalue weighted by Crippen LogP contribution is 2.25. The van der Waals surface area contributed by atoms with E-state index >= 15 is 0 Å². The molecule has 0 amide bonds. The number of rotatable bonds is 8. The van der Waals surface area contributed by atoms with Gasteiger partial charge in [-0.3, -0.25) is 0 Å². The molecule has 0 fully saturated rings. The van der Waals surface area contributed by atoms with Crippen molar-refractivity contribution in [1.29, 1.82) is 0 Å². The second-order valence-electron chi connectivity index (χ2n) is 5.68. The van der Waals surface area contributed by atoms with Gasteiger partial charge in [0.25, 0.3) is 0 Å². The van der Waals surface area contributed by atoms with Crippen LogP contribution in [0.4, 0.5) is 0 Å². The van der Waals surface area contributed by atoms with Crippen LogP contribution in [-0.2, 0) is 23.8 Å². The minimum absolute atomic E-state index is 0.775. The molecule has 0 saturated heterocycles. The van der Waals surface area contributed by atoms with Crippen molar-refractivity contribution in [3.05, 3.63) is 75.0 Å². The second kappa shape index (κ2) is 9.83. The lowest BCUT2D eigenvalue weighted by molar-refractivity contribution is 0.659. The van der Waals surface area contributed by atoms with Crippen molar-refractivity contribution >= 4 is 51.1 Å². The van der Waals surface area contributed by atoms with E-state index in [0.29, 0.717) is 0 Å². The molecule has 3 aromatic rings. The van der Waals surface area contributed by atoms with Crippen LogP contribution in [0.2, 0.25) is 5.02 Å². The largest absolute Gasteiger partial charge is 0.306 e. The lowest BCUT2D eigenvalue weighted by atomic mass is 10.2. The fourth-order valence-corrected chi connectivity index (χ4v) is 4.71. The summed E-state index contributed by atoms with van der Waals surface area (Å²) in [5.74, 6) is 3.71. The summed E-state index contributed by atoms with van der Waals surface area (Å²) in [6.45, 7) is 3.02. The van der Waals surface area contributed by atoms with Gasteiger partial charge in [-0.25, -0.2) is 0 Å². The third kappa shape index (κ3) is 5.52. The molecule has 1 aromatic heterocycles. The third-order valence-corrected chi connectivity index (χ3v) is 6.62. The highest BCUT2D eigenvalue weighted by molar-refractivity contribution is 9.10. The maximum atomic E-state index is 5.93. The van der Waals surface area contributed by atoms with Crippen LogP contribution in [0.3, 0.4) is 0 Å². The molecular weight excluding hydrogens is 450 g/mol. The van der Waals surface area contributed by atoms with Gasteiger partial charge in [-0.2, -0.15) is 0 Å². The molecule has 1 heterocycles. The molecule has 0 spiro atoms. The van der Waals surface area contributed by atoms with Crippen LogP contribution < -0.4 is 0 Å². The zero-order valence-electron chi connectivity index (χ0n) is 14.4. The van der Waals surface area contributed by atoms with Crippen molar-refractivity contribution in [3.8, 4) is 0 Å². The number of nitrogens with zero attached hydrogens (tertiary/aromatic N) is 3.